The third-order valence-corrected chi connectivity index (χ3v) is 6.91. The molecule has 0 amide bonds. The number of fused-ring (bicyclic) bond motifs is 2. The second-order valence-corrected chi connectivity index (χ2v) is 7.75. The molecule has 0 radical (unpaired) electrons. The van der Waals surface area contributed by atoms with Crippen LogP contribution in [0.15, 0.2) is 0 Å². The fraction of sp³-hybridized carbons (Fsp3) is 1.00. The molecule has 1 saturated heterocycles. The molecule has 4 rings (SSSR count). The van der Waals surface area contributed by atoms with Crippen molar-refractivity contribution in [3.8, 4) is 0 Å². The molecule has 4 aliphatic rings. The zero-order valence-corrected chi connectivity index (χ0v) is 10.9. The van der Waals surface area contributed by atoms with E-state index in [0.29, 0.717) is 16.4 Å². The van der Waals surface area contributed by atoms with Gasteiger partial charge in [-0.05, 0) is 48.9 Å². The van der Waals surface area contributed by atoms with Crippen LogP contribution in [0.3, 0.4) is 0 Å². The number of hydrogen-bond acceptors (Lipinski definition) is 1. The second kappa shape index (κ2) is 2.53. The lowest BCUT2D eigenvalue weighted by atomic mass is 9.64. The minimum Gasteiger partial charge on any atom is -0.369 e. The van der Waals surface area contributed by atoms with Crippen molar-refractivity contribution in [2.75, 3.05) is 6.61 Å². The normalized spacial score (nSPS) is 61.3. The van der Waals surface area contributed by atoms with Crippen molar-refractivity contribution in [3.05, 3.63) is 0 Å². The van der Waals surface area contributed by atoms with Gasteiger partial charge in [-0.15, -0.1) is 0 Å². The van der Waals surface area contributed by atoms with Gasteiger partial charge in [-0.3, -0.25) is 0 Å². The molecule has 4 fully saturated rings. The van der Waals surface area contributed by atoms with Crippen LogP contribution in [-0.4, -0.2) is 12.2 Å². The van der Waals surface area contributed by atoms with Gasteiger partial charge in [-0.2, -0.15) is 0 Å². The molecule has 1 aliphatic heterocycles. The Kier molecular flexibility index (Phi) is 1.57. The Labute approximate surface area is 98.9 Å². The van der Waals surface area contributed by atoms with Gasteiger partial charge in [0, 0.05) is 5.41 Å². The third kappa shape index (κ3) is 0.836. The zero-order chi connectivity index (χ0) is 11.2. The van der Waals surface area contributed by atoms with E-state index in [1.807, 2.05) is 0 Å². The fourth-order valence-corrected chi connectivity index (χ4v) is 6.16. The van der Waals surface area contributed by atoms with E-state index in [4.69, 9.17) is 4.74 Å². The van der Waals surface area contributed by atoms with Crippen molar-refractivity contribution >= 4 is 0 Å². The highest BCUT2D eigenvalue weighted by atomic mass is 16.6. The fourth-order valence-electron chi connectivity index (χ4n) is 6.16. The van der Waals surface area contributed by atoms with E-state index >= 15 is 0 Å². The number of hydrogen-bond donors (Lipinski definition) is 0. The quantitative estimate of drug-likeness (QED) is 0.568. The lowest BCUT2D eigenvalue weighted by molar-refractivity contribution is 0.0444. The van der Waals surface area contributed by atoms with Crippen molar-refractivity contribution in [2.45, 2.75) is 58.5 Å². The van der Waals surface area contributed by atoms with Crippen LogP contribution in [0.1, 0.15) is 52.9 Å². The van der Waals surface area contributed by atoms with Crippen LogP contribution in [0.25, 0.3) is 0 Å². The molecule has 0 aromatic rings. The van der Waals surface area contributed by atoms with Gasteiger partial charge in [0.25, 0.3) is 0 Å². The summed E-state index contributed by atoms with van der Waals surface area (Å²) < 4.78 is 6.06. The largest absolute Gasteiger partial charge is 0.369 e. The Balaban J connectivity index is 1.87. The topological polar surface area (TPSA) is 12.5 Å². The third-order valence-electron chi connectivity index (χ3n) is 6.91. The molecule has 1 spiro atoms. The predicted molar refractivity (Wildman–Crippen MR) is 64.1 cm³/mol. The van der Waals surface area contributed by atoms with Crippen molar-refractivity contribution in [3.63, 3.8) is 0 Å². The van der Waals surface area contributed by atoms with E-state index in [0.717, 1.165) is 24.4 Å². The van der Waals surface area contributed by atoms with Crippen LogP contribution in [0, 0.1) is 28.6 Å². The Morgan fingerprint density at radius 1 is 1.00 bits per heavy atom. The lowest BCUT2D eigenvalue weighted by Gasteiger charge is -2.39. The maximum absolute atomic E-state index is 6.06. The van der Waals surface area contributed by atoms with Crippen LogP contribution in [-0.2, 0) is 4.74 Å². The van der Waals surface area contributed by atoms with Crippen LogP contribution >= 0.6 is 0 Å². The first-order chi connectivity index (χ1) is 7.51. The molecule has 5 unspecified atom stereocenters. The summed E-state index contributed by atoms with van der Waals surface area (Å²) in [5, 5.41) is 0. The molecule has 0 aromatic heterocycles. The number of ether oxygens (including phenoxy) is 1. The SMILES string of the molecule is CC1(C)CCCC2(C)C3CCC(C31)C21CO1. The molecule has 1 heterocycles. The van der Waals surface area contributed by atoms with Gasteiger partial charge >= 0.3 is 0 Å². The second-order valence-electron chi connectivity index (χ2n) is 7.75. The molecule has 90 valence electrons. The van der Waals surface area contributed by atoms with Crippen molar-refractivity contribution in [1.29, 1.82) is 0 Å². The molecule has 4 bridgehead atoms. The first-order valence-corrected chi connectivity index (χ1v) is 7.15. The Morgan fingerprint density at radius 2 is 1.69 bits per heavy atom. The first-order valence-electron chi connectivity index (χ1n) is 7.15. The molecular weight excluding hydrogens is 196 g/mol. The number of rotatable bonds is 0. The molecular formula is C15H24O. The summed E-state index contributed by atoms with van der Waals surface area (Å²) in [6.45, 7) is 8.68. The van der Waals surface area contributed by atoms with Gasteiger partial charge in [0.15, 0.2) is 0 Å². The molecule has 1 nitrogen and oxygen atoms in total. The smallest absolute Gasteiger partial charge is 0.100 e. The molecule has 3 saturated carbocycles. The average Bonchev–Trinajstić information content (AvgIpc) is 2.85. The van der Waals surface area contributed by atoms with Gasteiger partial charge < -0.3 is 4.74 Å². The molecule has 1 heteroatoms. The summed E-state index contributed by atoms with van der Waals surface area (Å²) in [4.78, 5) is 0. The molecule has 0 N–H and O–H groups in total. The first kappa shape index (κ1) is 9.94. The molecule has 0 aromatic carbocycles. The Hall–Kier alpha value is -0.0400. The maximum atomic E-state index is 6.06. The molecule has 16 heavy (non-hydrogen) atoms. The average molecular weight is 220 g/mol. The standard InChI is InChI=1S/C15H24O/c1-13(2)7-4-8-14(3)10-5-6-11(12(10)13)15(14)9-16-15/h10-12H,4-9H2,1-3H3. The van der Waals surface area contributed by atoms with Crippen LogP contribution < -0.4 is 0 Å². The lowest BCUT2D eigenvalue weighted by Crippen LogP contribution is -2.41. The summed E-state index contributed by atoms with van der Waals surface area (Å²) in [6, 6.07) is 0. The van der Waals surface area contributed by atoms with E-state index < -0.39 is 0 Å². The van der Waals surface area contributed by atoms with Gasteiger partial charge in [-0.25, -0.2) is 0 Å². The number of epoxide rings is 1. The minimum absolute atomic E-state index is 0.346. The summed E-state index contributed by atoms with van der Waals surface area (Å²) in [5.41, 5.74) is 1.45. The van der Waals surface area contributed by atoms with Crippen molar-refractivity contribution < 1.29 is 4.74 Å². The van der Waals surface area contributed by atoms with Crippen LogP contribution in [0.2, 0.25) is 0 Å². The molecule has 5 atom stereocenters. The zero-order valence-electron chi connectivity index (χ0n) is 10.9. The van der Waals surface area contributed by atoms with Crippen LogP contribution in [0.4, 0.5) is 0 Å². The van der Waals surface area contributed by atoms with Gasteiger partial charge in [0.2, 0.25) is 0 Å². The molecule has 3 aliphatic carbocycles. The highest BCUT2D eigenvalue weighted by molar-refractivity contribution is 5.25. The highest BCUT2D eigenvalue weighted by Gasteiger charge is 2.77. The highest BCUT2D eigenvalue weighted by Crippen LogP contribution is 2.76. The summed E-state index contributed by atoms with van der Waals surface area (Å²) >= 11 is 0. The van der Waals surface area contributed by atoms with Gasteiger partial charge in [0.05, 0.1) is 6.61 Å². The summed E-state index contributed by atoms with van der Waals surface area (Å²) in [7, 11) is 0. The Morgan fingerprint density at radius 3 is 2.38 bits per heavy atom. The van der Waals surface area contributed by atoms with Gasteiger partial charge in [0.1, 0.15) is 5.60 Å². The maximum Gasteiger partial charge on any atom is 0.100 e. The van der Waals surface area contributed by atoms with E-state index in [2.05, 4.69) is 20.8 Å². The monoisotopic (exact) mass is 220 g/mol. The Bertz CT molecular complexity index is 341. The van der Waals surface area contributed by atoms with E-state index in [1.54, 1.807) is 0 Å². The van der Waals surface area contributed by atoms with Gasteiger partial charge in [-0.1, -0.05) is 27.2 Å². The predicted octanol–water partition coefficient (Wildman–Crippen LogP) is 3.63. The van der Waals surface area contributed by atoms with E-state index in [1.165, 1.54) is 32.1 Å². The summed E-state index contributed by atoms with van der Waals surface area (Å²) in [5.74, 6) is 2.83. The van der Waals surface area contributed by atoms with Crippen molar-refractivity contribution in [2.24, 2.45) is 28.6 Å². The summed E-state index contributed by atoms with van der Waals surface area (Å²) in [6.07, 6.45) is 7.23. The van der Waals surface area contributed by atoms with E-state index in [-0.39, 0.29) is 0 Å². The van der Waals surface area contributed by atoms with E-state index in [9.17, 15) is 0 Å². The van der Waals surface area contributed by atoms with Crippen LogP contribution in [0.5, 0.6) is 0 Å². The van der Waals surface area contributed by atoms with Crippen molar-refractivity contribution in [1.82, 2.24) is 0 Å². The minimum atomic E-state index is 0.346.